The molecule has 2 rings (SSSR count). The minimum atomic E-state index is -0.245. The van der Waals surface area contributed by atoms with Gasteiger partial charge in [-0.1, -0.05) is 18.2 Å². The Morgan fingerprint density at radius 3 is 2.43 bits per heavy atom. The van der Waals surface area contributed by atoms with Crippen LogP contribution in [0.2, 0.25) is 5.02 Å². The molecule has 1 aliphatic rings. The molecule has 2 N–H and O–H groups in total. The largest absolute Gasteiger partial charge is 0.339 e. The Labute approximate surface area is 129 Å². The molecule has 112 valence electrons. The molecule has 1 aliphatic heterocycles. The van der Waals surface area contributed by atoms with E-state index in [0.717, 1.165) is 12.8 Å². The Bertz CT molecular complexity index is 522. The van der Waals surface area contributed by atoms with E-state index in [4.69, 9.17) is 11.6 Å². The SMILES string of the molecule is C=CC(=O)N1CCC(NC(=O)Nc2ccc(Cl)cc2)CC1. The molecule has 0 aromatic heterocycles. The molecule has 1 aromatic carbocycles. The number of benzene rings is 1. The second-order valence-corrected chi connectivity index (χ2v) is 5.35. The Hall–Kier alpha value is -2.01. The van der Waals surface area contributed by atoms with Gasteiger partial charge in [-0.25, -0.2) is 4.79 Å². The summed E-state index contributed by atoms with van der Waals surface area (Å²) in [6.07, 6.45) is 2.81. The molecule has 0 bridgehead atoms. The van der Waals surface area contributed by atoms with Crippen molar-refractivity contribution in [3.05, 3.63) is 41.9 Å². The number of halogens is 1. The molecule has 0 atom stereocenters. The van der Waals surface area contributed by atoms with Crippen molar-refractivity contribution in [1.82, 2.24) is 10.2 Å². The van der Waals surface area contributed by atoms with Gasteiger partial charge in [-0.05, 0) is 43.2 Å². The molecule has 1 fully saturated rings. The van der Waals surface area contributed by atoms with Crippen LogP contribution in [0, 0.1) is 0 Å². The number of nitrogens with one attached hydrogen (secondary N) is 2. The number of likely N-dealkylation sites (tertiary alicyclic amines) is 1. The van der Waals surface area contributed by atoms with Crippen molar-refractivity contribution in [3.63, 3.8) is 0 Å². The summed E-state index contributed by atoms with van der Waals surface area (Å²) in [7, 11) is 0. The summed E-state index contributed by atoms with van der Waals surface area (Å²) in [5.74, 6) is -0.0564. The van der Waals surface area contributed by atoms with Crippen molar-refractivity contribution in [3.8, 4) is 0 Å². The Balaban J connectivity index is 1.78. The lowest BCUT2D eigenvalue weighted by Gasteiger charge is -2.31. The van der Waals surface area contributed by atoms with Gasteiger partial charge in [0.25, 0.3) is 0 Å². The van der Waals surface area contributed by atoms with Gasteiger partial charge in [0.05, 0.1) is 0 Å². The van der Waals surface area contributed by atoms with Crippen LogP contribution in [-0.4, -0.2) is 36.0 Å². The Kier molecular flexibility index (Phi) is 5.22. The average Bonchev–Trinajstić information content (AvgIpc) is 2.49. The van der Waals surface area contributed by atoms with E-state index >= 15 is 0 Å². The first kappa shape index (κ1) is 15.4. The van der Waals surface area contributed by atoms with Crippen LogP contribution in [0.15, 0.2) is 36.9 Å². The van der Waals surface area contributed by atoms with Gasteiger partial charge >= 0.3 is 6.03 Å². The maximum absolute atomic E-state index is 11.9. The highest BCUT2D eigenvalue weighted by Gasteiger charge is 2.22. The molecule has 1 heterocycles. The monoisotopic (exact) mass is 307 g/mol. The summed E-state index contributed by atoms with van der Waals surface area (Å²) in [5, 5.41) is 6.29. The van der Waals surface area contributed by atoms with Gasteiger partial charge in [0, 0.05) is 29.8 Å². The molecule has 21 heavy (non-hydrogen) atoms. The van der Waals surface area contributed by atoms with Crippen LogP contribution >= 0.6 is 11.6 Å². The van der Waals surface area contributed by atoms with Crippen molar-refractivity contribution in [2.24, 2.45) is 0 Å². The first-order valence-corrected chi connectivity index (χ1v) is 7.20. The third-order valence-electron chi connectivity index (χ3n) is 3.42. The van der Waals surface area contributed by atoms with Crippen molar-refractivity contribution in [1.29, 1.82) is 0 Å². The molecular weight excluding hydrogens is 290 g/mol. The predicted molar refractivity (Wildman–Crippen MR) is 83.4 cm³/mol. The molecule has 0 spiro atoms. The zero-order valence-electron chi connectivity index (χ0n) is 11.6. The number of carbonyl (C=O) groups is 2. The van der Waals surface area contributed by atoms with Crippen LogP contribution in [0.1, 0.15) is 12.8 Å². The summed E-state index contributed by atoms with van der Waals surface area (Å²) in [4.78, 5) is 25.1. The predicted octanol–water partition coefficient (Wildman–Crippen LogP) is 2.64. The van der Waals surface area contributed by atoms with E-state index in [1.165, 1.54) is 6.08 Å². The molecule has 0 saturated carbocycles. The number of hydrogen-bond acceptors (Lipinski definition) is 2. The summed E-state index contributed by atoms with van der Waals surface area (Å²) in [6, 6.07) is 6.75. The van der Waals surface area contributed by atoms with Crippen LogP contribution in [0.25, 0.3) is 0 Å². The maximum Gasteiger partial charge on any atom is 0.319 e. The van der Waals surface area contributed by atoms with Crippen LogP contribution in [-0.2, 0) is 4.79 Å². The number of piperidine rings is 1. The molecular formula is C15H18ClN3O2. The summed E-state index contributed by atoms with van der Waals surface area (Å²) >= 11 is 5.79. The summed E-state index contributed by atoms with van der Waals surface area (Å²) in [5.41, 5.74) is 0.691. The fraction of sp³-hybridized carbons (Fsp3) is 0.333. The van der Waals surface area contributed by atoms with Crippen molar-refractivity contribution in [2.75, 3.05) is 18.4 Å². The van der Waals surface area contributed by atoms with Gasteiger partial charge in [-0.15, -0.1) is 0 Å². The van der Waals surface area contributed by atoms with E-state index in [-0.39, 0.29) is 18.0 Å². The molecule has 1 saturated heterocycles. The molecule has 0 aliphatic carbocycles. The Morgan fingerprint density at radius 1 is 1.24 bits per heavy atom. The van der Waals surface area contributed by atoms with E-state index in [1.54, 1.807) is 29.2 Å². The van der Waals surface area contributed by atoms with Crippen molar-refractivity contribution >= 4 is 29.2 Å². The van der Waals surface area contributed by atoms with E-state index in [1.807, 2.05) is 0 Å². The number of hydrogen-bond donors (Lipinski definition) is 2. The number of carbonyl (C=O) groups excluding carboxylic acids is 2. The van der Waals surface area contributed by atoms with Gasteiger partial charge in [0.2, 0.25) is 5.91 Å². The first-order chi connectivity index (χ1) is 10.1. The fourth-order valence-electron chi connectivity index (χ4n) is 2.26. The van der Waals surface area contributed by atoms with Gasteiger partial charge < -0.3 is 15.5 Å². The molecule has 1 aromatic rings. The molecule has 0 radical (unpaired) electrons. The highest BCUT2D eigenvalue weighted by Crippen LogP contribution is 2.14. The van der Waals surface area contributed by atoms with E-state index in [9.17, 15) is 9.59 Å². The lowest BCUT2D eigenvalue weighted by molar-refractivity contribution is -0.127. The van der Waals surface area contributed by atoms with Crippen molar-refractivity contribution in [2.45, 2.75) is 18.9 Å². The number of urea groups is 1. The van der Waals surface area contributed by atoms with Crippen LogP contribution in [0.3, 0.4) is 0 Å². The van der Waals surface area contributed by atoms with Gasteiger partial charge in [0.1, 0.15) is 0 Å². The third-order valence-corrected chi connectivity index (χ3v) is 3.67. The highest BCUT2D eigenvalue weighted by atomic mass is 35.5. The topological polar surface area (TPSA) is 61.4 Å². The zero-order valence-corrected chi connectivity index (χ0v) is 12.4. The van der Waals surface area contributed by atoms with E-state index in [2.05, 4.69) is 17.2 Å². The third kappa shape index (κ3) is 4.49. The van der Waals surface area contributed by atoms with Gasteiger partial charge in [-0.3, -0.25) is 4.79 Å². The minimum absolute atomic E-state index is 0.0564. The lowest BCUT2D eigenvalue weighted by atomic mass is 10.1. The minimum Gasteiger partial charge on any atom is -0.339 e. The molecule has 3 amide bonds. The van der Waals surface area contributed by atoms with E-state index < -0.39 is 0 Å². The zero-order chi connectivity index (χ0) is 15.2. The number of rotatable bonds is 3. The summed E-state index contributed by atoms with van der Waals surface area (Å²) in [6.45, 7) is 4.75. The first-order valence-electron chi connectivity index (χ1n) is 6.83. The number of anilines is 1. The van der Waals surface area contributed by atoms with Gasteiger partial charge in [0.15, 0.2) is 0 Å². The molecule has 5 nitrogen and oxygen atoms in total. The summed E-state index contributed by atoms with van der Waals surface area (Å²) < 4.78 is 0. The molecule has 6 heteroatoms. The smallest absolute Gasteiger partial charge is 0.319 e. The normalized spacial score (nSPS) is 15.4. The van der Waals surface area contributed by atoms with Crippen LogP contribution in [0.5, 0.6) is 0 Å². The fourth-order valence-corrected chi connectivity index (χ4v) is 2.39. The van der Waals surface area contributed by atoms with Crippen LogP contribution < -0.4 is 10.6 Å². The Morgan fingerprint density at radius 2 is 1.86 bits per heavy atom. The number of nitrogens with zero attached hydrogens (tertiary/aromatic N) is 1. The average molecular weight is 308 g/mol. The quantitative estimate of drug-likeness (QED) is 0.843. The van der Waals surface area contributed by atoms with Crippen molar-refractivity contribution < 1.29 is 9.59 Å². The standard InChI is InChI=1S/C15H18ClN3O2/c1-2-14(20)19-9-7-13(8-10-19)18-15(21)17-12-5-3-11(16)4-6-12/h2-6,13H,1,7-10H2,(H2,17,18,21). The van der Waals surface area contributed by atoms with E-state index in [0.29, 0.717) is 23.8 Å². The maximum atomic E-state index is 11.9. The lowest BCUT2D eigenvalue weighted by Crippen LogP contribution is -2.47. The molecule has 0 unspecified atom stereocenters. The van der Waals surface area contributed by atoms with Gasteiger partial charge in [-0.2, -0.15) is 0 Å². The second-order valence-electron chi connectivity index (χ2n) is 4.91. The number of amides is 3. The highest BCUT2D eigenvalue weighted by molar-refractivity contribution is 6.30. The van der Waals surface area contributed by atoms with Crippen LogP contribution in [0.4, 0.5) is 10.5 Å². The second kappa shape index (κ2) is 7.13.